The summed E-state index contributed by atoms with van der Waals surface area (Å²) in [5.41, 5.74) is 0. The second-order valence-corrected chi connectivity index (χ2v) is 3.46. The topological polar surface area (TPSA) is 53.8 Å². The van der Waals surface area contributed by atoms with Crippen LogP contribution in [-0.4, -0.2) is 37.8 Å². The van der Waals surface area contributed by atoms with Gasteiger partial charge in [0.05, 0.1) is 5.97 Å². The van der Waals surface area contributed by atoms with E-state index in [1.807, 2.05) is 13.8 Å². The predicted molar refractivity (Wildman–Crippen MR) is 40.6 cm³/mol. The molecule has 12 heavy (non-hydrogen) atoms. The van der Waals surface area contributed by atoms with Crippen molar-refractivity contribution in [1.29, 1.82) is 0 Å². The third kappa shape index (κ3) is 2.79. The molecule has 1 aliphatic rings. The molecular weight excluding hydrogens is 158 g/mol. The highest BCUT2D eigenvalue weighted by molar-refractivity contribution is 5.65. The maximum absolute atomic E-state index is 10.3. The van der Waals surface area contributed by atoms with Crippen LogP contribution in [0.5, 0.6) is 0 Å². The molecule has 0 bridgehead atoms. The zero-order chi connectivity index (χ0) is 9.14. The number of hydrogen-bond acceptors (Lipinski definition) is 3. The first-order chi connectivity index (χ1) is 5.58. The van der Waals surface area contributed by atoms with E-state index in [-0.39, 0.29) is 18.8 Å². The maximum Gasteiger partial charge on any atom is 0.118 e. The summed E-state index contributed by atoms with van der Waals surface area (Å²) in [4.78, 5) is 11.4. The van der Waals surface area contributed by atoms with Gasteiger partial charge in [-0.25, -0.2) is 0 Å². The number of ether oxygens (including phenoxy) is 1. The van der Waals surface area contributed by atoms with Gasteiger partial charge in [-0.1, -0.05) is 0 Å². The van der Waals surface area contributed by atoms with Gasteiger partial charge in [-0.3, -0.25) is 0 Å². The highest BCUT2D eigenvalue weighted by Gasteiger charge is 2.24. The van der Waals surface area contributed by atoms with Gasteiger partial charge in [0.25, 0.3) is 0 Å². The third-order valence-electron chi connectivity index (χ3n) is 2.01. The molecule has 0 aliphatic carbocycles. The number of carboxylic acids is 1. The molecule has 0 radical (unpaired) electrons. The van der Waals surface area contributed by atoms with Crippen molar-refractivity contribution in [3.8, 4) is 0 Å². The van der Waals surface area contributed by atoms with Gasteiger partial charge in [0, 0.05) is 0 Å². The lowest BCUT2D eigenvalue weighted by Gasteiger charge is -2.32. The molecule has 1 fully saturated rings. The molecule has 0 amide bonds. The second kappa shape index (κ2) is 3.87. The van der Waals surface area contributed by atoms with E-state index in [1.165, 1.54) is 0 Å². The summed E-state index contributed by atoms with van der Waals surface area (Å²) < 4.78 is 5.46. The second-order valence-electron chi connectivity index (χ2n) is 3.46. The van der Waals surface area contributed by atoms with Crippen molar-refractivity contribution in [2.24, 2.45) is 0 Å². The first kappa shape index (κ1) is 9.48. The molecule has 1 saturated heterocycles. The molecule has 1 N–H and O–H groups in total. The first-order valence-electron chi connectivity index (χ1n) is 4.27. The van der Waals surface area contributed by atoms with Crippen LogP contribution in [0.1, 0.15) is 13.8 Å². The molecule has 1 rings (SSSR count). The zero-order valence-electron chi connectivity index (χ0n) is 7.50. The van der Waals surface area contributed by atoms with Gasteiger partial charge in [-0.05, 0) is 13.8 Å². The Bertz CT molecular complexity index is 162. The van der Waals surface area contributed by atoms with Crippen molar-refractivity contribution in [2.45, 2.75) is 26.1 Å². The number of quaternary nitrogens is 1. The Kier molecular flexibility index (Phi) is 3.05. The predicted octanol–water partition coefficient (Wildman–Crippen LogP) is -2.57. The molecule has 4 nitrogen and oxygen atoms in total. The quantitative estimate of drug-likeness (QED) is 0.499. The molecular formula is C8H15NO3. The van der Waals surface area contributed by atoms with Crippen molar-refractivity contribution in [3.05, 3.63) is 0 Å². The Morgan fingerprint density at radius 1 is 1.50 bits per heavy atom. The van der Waals surface area contributed by atoms with Crippen molar-refractivity contribution in [1.82, 2.24) is 0 Å². The zero-order valence-corrected chi connectivity index (χ0v) is 7.50. The fraction of sp³-hybridized carbons (Fsp3) is 0.875. The summed E-state index contributed by atoms with van der Waals surface area (Å²) in [6, 6.07) is 0. The fourth-order valence-corrected chi connectivity index (χ4v) is 1.74. The van der Waals surface area contributed by atoms with Gasteiger partial charge in [0.15, 0.2) is 0 Å². The number of hydrogen-bond donors (Lipinski definition) is 1. The highest BCUT2D eigenvalue weighted by Crippen LogP contribution is 1.97. The lowest BCUT2D eigenvalue weighted by Crippen LogP contribution is -3.16. The molecule has 1 aliphatic heterocycles. The summed E-state index contributed by atoms with van der Waals surface area (Å²) in [7, 11) is 0. The van der Waals surface area contributed by atoms with Crippen molar-refractivity contribution < 1.29 is 19.5 Å². The molecule has 0 aromatic rings. The van der Waals surface area contributed by atoms with Gasteiger partial charge in [-0.15, -0.1) is 0 Å². The lowest BCUT2D eigenvalue weighted by atomic mass is 10.2. The van der Waals surface area contributed by atoms with Gasteiger partial charge in [-0.2, -0.15) is 0 Å². The van der Waals surface area contributed by atoms with Crippen LogP contribution in [0.15, 0.2) is 0 Å². The van der Waals surface area contributed by atoms with Crippen LogP contribution in [0.4, 0.5) is 0 Å². The van der Waals surface area contributed by atoms with Gasteiger partial charge in [0.1, 0.15) is 31.8 Å². The first-order valence-corrected chi connectivity index (χ1v) is 4.27. The summed E-state index contributed by atoms with van der Waals surface area (Å²) in [6.07, 6.45) is 0.311. The van der Waals surface area contributed by atoms with Crippen molar-refractivity contribution in [2.75, 3.05) is 19.6 Å². The maximum atomic E-state index is 10.3. The van der Waals surface area contributed by atoms with E-state index in [2.05, 4.69) is 0 Å². The SMILES string of the molecule is C[C@H]1C[NH+](CC(=O)[O-])C[C@H](C)O1. The van der Waals surface area contributed by atoms with E-state index in [4.69, 9.17) is 4.74 Å². The van der Waals surface area contributed by atoms with E-state index in [9.17, 15) is 9.90 Å². The van der Waals surface area contributed by atoms with Gasteiger partial charge in [0.2, 0.25) is 0 Å². The number of carbonyl (C=O) groups is 1. The molecule has 0 saturated carbocycles. The minimum Gasteiger partial charge on any atom is -0.544 e. The molecule has 4 heteroatoms. The van der Waals surface area contributed by atoms with Crippen molar-refractivity contribution in [3.63, 3.8) is 0 Å². The van der Waals surface area contributed by atoms with Crippen LogP contribution in [-0.2, 0) is 9.53 Å². The standard InChI is InChI=1S/C8H15NO3/c1-6-3-9(5-8(10)11)4-7(2)12-6/h6-7H,3-5H2,1-2H3,(H,10,11)/t6-,7-/m0/s1. The largest absolute Gasteiger partial charge is 0.544 e. The summed E-state index contributed by atoms with van der Waals surface area (Å²) in [5.74, 6) is -0.980. The third-order valence-corrected chi connectivity index (χ3v) is 2.01. The van der Waals surface area contributed by atoms with Crippen LogP contribution in [0.2, 0.25) is 0 Å². The summed E-state index contributed by atoms with van der Waals surface area (Å²) in [5, 5.41) is 10.3. The van der Waals surface area contributed by atoms with Gasteiger partial charge < -0.3 is 19.5 Å². The average Bonchev–Trinajstić information content (AvgIpc) is 1.81. The average molecular weight is 173 g/mol. The Balaban J connectivity index is 2.38. The minimum absolute atomic E-state index is 0.0953. The molecule has 0 aromatic heterocycles. The highest BCUT2D eigenvalue weighted by atomic mass is 16.5. The van der Waals surface area contributed by atoms with Gasteiger partial charge >= 0.3 is 0 Å². The number of morpholine rings is 1. The number of rotatable bonds is 2. The number of carbonyl (C=O) groups excluding carboxylic acids is 1. The number of nitrogens with one attached hydrogen (secondary N) is 1. The number of carboxylic acid groups (broad SMARTS) is 1. The molecule has 0 aromatic carbocycles. The smallest absolute Gasteiger partial charge is 0.118 e. The normalized spacial score (nSPS) is 36.3. The van der Waals surface area contributed by atoms with Crippen LogP contribution in [0.25, 0.3) is 0 Å². The molecule has 70 valence electrons. The Morgan fingerprint density at radius 3 is 2.42 bits per heavy atom. The van der Waals surface area contributed by atoms with Crippen LogP contribution in [0, 0.1) is 0 Å². The van der Waals surface area contributed by atoms with Crippen molar-refractivity contribution >= 4 is 5.97 Å². The lowest BCUT2D eigenvalue weighted by molar-refractivity contribution is -0.909. The van der Waals surface area contributed by atoms with E-state index < -0.39 is 5.97 Å². The minimum atomic E-state index is -0.980. The summed E-state index contributed by atoms with van der Waals surface area (Å²) >= 11 is 0. The Hall–Kier alpha value is -0.610. The fourth-order valence-electron chi connectivity index (χ4n) is 1.74. The molecule has 0 unspecified atom stereocenters. The van der Waals surface area contributed by atoms with E-state index >= 15 is 0 Å². The van der Waals surface area contributed by atoms with Crippen LogP contribution < -0.4 is 10.0 Å². The monoisotopic (exact) mass is 173 g/mol. The summed E-state index contributed by atoms with van der Waals surface area (Å²) in [6.45, 7) is 5.55. The van der Waals surface area contributed by atoms with E-state index in [0.717, 1.165) is 18.0 Å². The number of aliphatic carboxylic acids is 1. The molecule has 2 atom stereocenters. The Labute approximate surface area is 72.1 Å². The molecule has 0 spiro atoms. The van der Waals surface area contributed by atoms with Crippen LogP contribution >= 0.6 is 0 Å². The van der Waals surface area contributed by atoms with Crippen LogP contribution in [0.3, 0.4) is 0 Å². The Morgan fingerprint density at radius 2 is 2.00 bits per heavy atom. The van der Waals surface area contributed by atoms with E-state index in [1.54, 1.807) is 0 Å². The molecule has 1 heterocycles. The van der Waals surface area contributed by atoms with E-state index in [0.29, 0.717) is 0 Å².